The van der Waals surface area contributed by atoms with Crippen LogP contribution in [0.4, 0.5) is 0 Å². The van der Waals surface area contributed by atoms with Gasteiger partial charge in [-0.25, -0.2) is 4.68 Å². The minimum Gasteiger partial charge on any atom is -0.388 e. The lowest BCUT2D eigenvalue weighted by Gasteiger charge is -2.36. The largest absolute Gasteiger partial charge is 0.388 e. The summed E-state index contributed by atoms with van der Waals surface area (Å²) in [5.41, 5.74) is 2.00. The van der Waals surface area contributed by atoms with Gasteiger partial charge in [-0.05, 0) is 31.4 Å². The number of hydrogen-bond donors (Lipinski definition) is 1. The van der Waals surface area contributed by atoms with Crippen LogP contribution in [0.25, 0.3) is 11.3 Å². The Balaban J connectivity index is 1.08. The summed E-state index contributed by atoms with van der Waals surface area (Å²) in [4.78, 5) is 25.0. The quantitative estimate of drug-likeness (QED) is 0.261. The van der Waals surface area contributed by atoms with E-state index in [9.17, 15) is 14.7 Å². The summed E-state index contributed by atoms with van der Waals surface area (Å²) in [7, 11) is 0. The first-order valence-electron chi connectivity index (χ1n) is 12.4. The van der Waals surface area contributed by atoms with Crippen LogP contribution in [0.1, 0.15) is 37.0 Å². The van der Waals surface area contributed by atoms with Gasteiger partial charge in [-0.15, -0.1) is 5.10 Å². The van der Waals surface area contributed by atoms with Crippen molar-refractivity contribution in [1.29, 1.82) is 0 Å². The summed E-state index contributed by atoms with van der Waals surface area (Å²) in [6, 6.07) is 6.99. The highest BCUT2D eigenvalue weighted by Gasteiger charge is 2.34. The fourth-order valence-corrected chi connectivity index (χ4v) is 4.15. The fraction of sp³-hybridized carbons (Fsp3) is 0.600. The molecule has 0 radical (unpaired) electrons. The van der Waals surface area contributed by atoms with Gasteiger partial charge in [0.05, 0.1) is 51.9 Å². The lowest BCUT2D eigenvalue weighted by Crippen LogP contribution is -2.47. The topological polar surface area (TPSA) is 125 Å². The highest BCUT2D eigenvalue weighted by atomic mass is 16.7. The molecule has 2 amide bonds. The first-order valence-corrected chi connectivity index (χ1v) is 12.4. The predicted molar refractivity (Wildman–Crippen MR) is 128 cm³/mol. The highest BCUT2D eigenvalue weighted by Crippen LogP contribution is 2.25. The monoisotopic (exact) mass is 502 g/mol. The van der Waals surface area contributed by atoms with Crippen LogP contribution in [0, 0.1) is 5.92 Å². The molecule has 1 unspecified atom stereocenters. The summed E-state index contributed by atoms with van der Waals surface area (Å²) in [6.45, 7) is 7.05. The first-order chi connectivity index (χ1) is 17.4. The number of aliphatic hydroxyl groups excluding tert-OH is 1. The molecule has 0 spiro atoms. The van der Waals surface area contributed by atoms with Crippen LogP contribution in [0.2, 0.25) is 0 Å². The minimum atomic E-state index is -0.618. The average Bonchev–Trinajstić information content (AvgIpc) is 3.33. The molecule has 11 heteroatoms. The summed E-state index contributed by atoms with van der Waals surface area (Å²) in [5.74, 6) is -0.255. The number of rotatable bonds is 12. The predicted octanol–water partition coefficient (Wildman–Crippen LogP) is 1.50. The van der Waals surface area contributed by atoms with Crippen molar-refractivity contribution in [2.45, 2.75) is 51.7 Å². The van der Waals surface area contributed by atoms with Crippen molar-refractivity contribution in [2.75, 3.05) is 39.6 Å². The van der Waals surface area contributed by atoms with Crippen LogP contribution in [-0.4, -0.2) is 94.9 Å². The molecule has 4 rings (SSSR count). The van der Waals surface area contributed by atoms with E-state index in [1.807, 2.05) is 20.0 Å². The SMILES string of the molecule is C[C@@H]1C[C@H](C)[C@@H](O)C(OCCOCCOCCn2cc(-c3ccc(C(=O)N4CCC4=O)cc3)nn2)O1. The Hall–Kier alpha value is -2.70. The van der Waals surface area contributed by atoms with Crippen molar-refractivity contribution < 1.29 is 33.6 Å². The number of benzene rings is 1. The van der Waals surface area contributed by atoms with Gasteiger partial charge in [-0.2, -0.15) is 0 Å². The van der Waals surface area contributed by atoms with Crippen molar-refractivity contribution in [3.05, 3.63) is 36.0 Å². The van der Waals surface area contributed by atoms with E-state index in [4.69, 9.17) is 18.9 Å². The van der Waals surface area contributed by atoms with Crippen molar-refractivity contribution in [2.24, 2.45) is 5.92 Å². The molecule has 2 aromatic rings. The first kappa shape index (κ1) is 26.4. The van der Waals surface area contributed by atoms with E-state index in [1.54, 1.807) is 28.9 Å². The second kappa shape index (κ2) is 12.5. The number of carbonyl (C=O) groups excluding carboxylic acids is 2. The molecular formula is C25H34N4O7. The number of imide groups is 1. The van der Waals surface area contributed by atoms with Crippen LogP contribution in [0.3, 0.4) is 0 Å². The number of nitrogens with zero attached hydrogens (tertiary/aromatic N) is 4. The third-order valence-electron chi connectivity index (χ3n) is 6.34. The minimum absolute atomic E-state index is 0.0723. The van der Waals surface area contributed by atoms with Crippen molar-refractivity contribution in [1.82, 2.24) is 19.9 Å². The third-order valence-corrected chi connectivity index (χ3v) is 6.34. The zero-order valence-electron chi connectivity index (χ0n) is 20.7. The molecule has 2 fully saturated rings. The average molecular weight is 503 g/mol. The van der Waals surface area contributed by atoms with E-state index in [-0.39, 0.29) is 23.8 Å². The number of carbonyl (C=O) groups is 2. The van der Waals surface area contributed by atoms with Crippen molar-refractivity contribution in [3.8, 4) is 11.3 Å². The molecule has 2 saturated heterocycles. The molecule has 1 aromatic carbocycles. The molecule has 196 valence electrons. The van der Waals surface area contributed by atoms with E-state index in [0.717, 1.165) is 12.0 Å². The molecule has 2 aliphatic heterocycles. The van der Waals surface area contributed by atoms with E-state index in [1.165, 1.54) is 4.90 Å². The number of aromatic nitrogens is 3. The molecule has 0 aliphatic carbocycles. The van der Waals surface area contributed by atoms with Crippen LogP contribution in [0.15, 0.2) is 30.5 Å². The van der Waals surface area contributed by atoms with Gasteiger partial charge in [0.1, 0.15) is 11.8 Å². The third kappa shape index (κ3) is 6.74. The smallest absolute Gasteiger partial charge is 0.260 e. The number of likely N-dealkylation sites (tertiary alicyclic amines) is 1. The number of amides is 2. The van der Waals surface area contributed by atoms with Gasteiger partial charge >= 0.3 is 0 Å². The molecule has 0 saturated carbocycles. The molecule has 2 aliphatic rings. The van der Waals surface area contributed by atoms with Gasteiger partial charge in [0.15, 0.2) is 6.29 Å². The molecule has 36 heavy (non-hydrogen) atoms. The van der Waals surface area contributed by atoms with Gasteiger partial charge in [-0.3, -0.25) is 14.5 Å². The summed E-state index contributed by atoms with van der Waals surface area (Å²) >= 11 is 0. The second-order valence-corrected chi connectivity index (χ2v) is 9.16. The Bertz CT molecular complexity index is 1010. The van der Waals surface area contributed by atoms with Gasteiger partial charge in [0, 0.05) is 24.1 Å². The van der Waals surface area contributed by atoms with Crippen LogP contribution >= 0.6 is 0 Å². The zero-order valence-corrected chi connectivity index (χ0v) is 20.7. The van der Waals surface area contributed by atoms with Gasteiger partial charge < -0.3 is 24.1 Å². The van der Waals surface area contributed by atoms with E-state index >= 15 is 0 Å². The molecule has 11 nitrogen and oxygen atoms in total. The maximum absolute atomic E-state index is 12.3. The molecule has 0 bridgehead atoms. The van der Waals surface area contributed by atoms with E-state index < -0.39 is 12.4 Å². The van der Waals surface area contributed by atoms with E-state index in [0.29, 0.717) is 63.8 Å². The number of aliphatic hydroxyl groups is 1. The number of β-lactam (4-membered cyclic amide) rings is 1. The Kier molecular flexibility index (Phi) is 9.16. The summed E-state index contributed by atoms with van der Waals surface area (Å²) in [5, 5.41) is 18.4. The summed E-state index contributed by atoms with van der Waals surface area (Å²) < 4.78 is 24.1. The van der Waals surface area contributed by atoms with Gasteiger partial charge in [-0.1, -0.05) is 24.3 Å². The highest BCUT2D eigenvalue weighted by molar-refractivity contribution is 6.07. The number of hydrogen-bond acceptors (Lipinski definition) is 9. The molecule has 4 atom stereocenters. The second-order valence-electron chi connectivity index (χ2n) is 9.16. The zero-order chi connectivity index (χ0) is 25.5. The van der Waals surface area contributed by atoms with Crippen LogP contribution in [-0.2, 0) is 30.3 Å². The molecule has 3 heterocycles. The summed E-state index contributed by atoms with van der Waals surface area (Å²) in [6.07, 6.45) is 1.92. The Morgan fingerprint density at radius 3 is 2.53 bits per heavy atom. The maximum Gasteiger partial charge on any atom is 0.260 e. The number of ether oxygens (including phenoxy) is 4. The van der Waals surface area contributed by atoms with Gasteiger partial charge in [0.2, 0.25) is 5.91 Å². The van der Waals surface area contributed by atoms with Crippen LogP contribution in [0.5, 0.6) is 0 Å². The standard InChI is InChI=1S/C25H34N4O7/c1-17-15-18(2)36-25(23(17)31)35-14-13-34-12-11-33-10-9-28-16-21(26-27-28)19-3-5-20(6-4-19)24(32)29-8-7-22(29)30/h3-6,16-18,23,25,31H,7-15H2,1-2H3/t17-,18+,23+,25?/m0/s1. The Morgan fingerprint density at radius 2 is 1.83 bits per heavy atom. The molecule has 1 N–H and O–H groups in total. The molecular weight excluding hydrogens is 468 g/mol. The Labute approximate surface area is 210 Å². The lowest BCUT2D eigenvalue weighted by atomic mass is 9.95. The van der Waals surface area contributed by atoms with Gasteiger partial charge in [0.25, 0.3) is 5.91 Å². The fourth-order valence-electron chi connectivity index (χ4n) is 4.15. The van der Waals surface area contributed by atoms with Crippen LogP contribution < -0.4 is 0 Å². The lowest BCUT2D eigenvalue weighted by molar-refractivity contribution is -0.253. The van der Waals surface area contributed by atoms with Crippen molar-refractivity contribution in [3.63, 3.8) is 0 Å². The Morgan fingerprint density at radius 1 is 1.11 bits per heavy atom. The van der Waals surface area contributed by atoms with E-state index in [2.05, 4.69) is 10.3 Å². The normalized spacial score (nSPS) is 24.1. The molecule has 1 aromatic heterocycles. The van der Waals surface area contributed by atoms with Crippen molar-refractivity contribution >= 4 is 11.8 Å². The maximum atomic E-state index is 12.3.